The first-order valence-electron chi connectivity index (χ1n) is 6.07. The van der Waals surface area contributed by atoms with Gasteiger partial charge in [0.1, 0.15) is 5.75 Å². The number of nitrogen functional groups attached to an aromatic ring is 1. The Kier molecular flexibility index (Phi) is 4.48. The molecule has 1 amide bonds. The largest absolute Gasteiger partial charge is 0.497 e. The number of anilines is 1. The van der Waals surface area contributed by atoms with E-state index in [0.717, 1.165) is 11.3 Å². The first-order chi connectivity index (χ1) is 9.61. The molecule has 0 spiro atoms. The zero-order chi connectivity index (χ0) is 14.5. The number of nitrogens with one attached hydrogen (secondary N) is 1. The zero-order valence-electron chi connectivity index (χ0n) is 11.0. The number of carbonyl (C=O) groups excluding carboxylic acids is 1. The van der Waals surface area contributed by atoms with Gasteiger partial charge in [0.2, 0.25) is 0 Å². The molecule has 2 aromatic rings. The molecule has 0 saturated heterocycles. The second kappa shape index (κ2) is 6.30. The lowest BCUT2D eigenvalue weighted by molar-refractivity contribution is 0.0951. The van der Waals surface area contributed by atoms with Gasteiger partial charge in [-0.15, -0.1) is 0 Å². The van der Waals surface area contributed by atoms with E-state index in [1.54, 1.807) is 25.3 Å². The highest BCUT2D eigenvalue weighted by Gasteiger charge is 2.11. The molecule has 0 aliphatic heterocycles. The summed E-state index contributed by atoms with van der Waals surface area (Å²) in [6.07, 6.45) is 0. The van der Waals surface area contributed by atoms with Crippen LogP contribution in [0.15, 0.2) is 42.5 Å². The van der Waals surface area contributed by atoms with Crippen LogP contribution in [0, 0.1) is 0 Å². The van der Waals surface area contributed by atoms with E-state index < -0.39 is 0 Å². The summed E-state index contributed by atoms with van der Waals surface area (Å²) in [5.74, 6) is 0.492. The average molecular weight is 291 g/mol. The summed E-state index contributed by atoms with van der Waals surface area (Å²) >= 11 is 5.89. The Labute approximate surface area is 122 Å². The second-order valence-electron chi connectivity index (χ2n) is 4.24. The molecule has 104 valence electrons. The maximum Gasteiger partial charge on any atom is 0.253 e. The number of halogens is 1. The Morgan fingerprint density at radius 2 is 2.05 bits per heavy atom. The van der Waals surface area contributed by atoms with Crippen LogP contribution < -0.4 is 15.8 Å². The molecular formula is C15H15ClN2O2. The van der Waals surface area contributed by atoms with Crippen molar-refractivity contribution in [3.8, 4) is 5.75 Å². The lowest BCUT2D eigenvalue weighted by Crippen LogP contribution is -2.23. The van der Waals surface area contributed by atoms with Gasteiger partial charge >= 0.3 is 0 Å². The monoisotopic (exact) mass is 290 g/mol. The Balaban J connectivity index is 2.06. The van der Waals surface area contributed by atoms with Crippen LogP contribution in [-0.2, 0) is 6.54 Å². The molecule has 0 bridgehead atoms. The standard InChI is InChI=1S/C15H15ClN2O2/c1-20-11-5-2-4-10(8-11)9-18-15(19)12-6-3-7-13(16)14(12)17/h2-8H,9,17H2,1H3,(H,18,19). The Bertz CT molecular complexity index is 629. The number of carbonyl (C=O) groups is 1. The van der Waals surface area contributed by atoms with Gasteiger partial charge in [-0.05, 0) is 29.8 Å². The summed E-state index contributed by atoms with van der Waals surface area (Å²) in [5, 5.41) is 3.18. The van der Waals surface area contributed by atoms with Crippen LogP contribution in [0.1, 0.15) is 15.9 Å². The highest BCUT2D eigenvalue weighted by molar-refractivity contribution is 6.33. The highest BCUT2D eigenvalue weighted by Crippen LogP contribution is 2.22. The summed E-state index contributed by atoms with van der Waals surface area (Å²) < 4.78 is 5.13. The van der Waals surface area contributed by atoms with Crippen LogP contribution in [-0.4, -0.2) is 13.0 Å². The molecule has 0 unspecified atom stereocenters. The summed E-state index contributed by atoms with van der Waals surface area (Å²) in [6, 6.07) is 12.5. The van der Waals surface area contributed by atoms with E-state index >= 15 is 0 Å². The van der Waals surface area contributed by atoms with Crippen molar-refractivity contribution in [1.29, 1.82) is 0 Å². The van der Waals surface area contributed by atoms with Crippen LogP contribution in [0.3, 0.4) is 0 Å². The predicted molar refractivity (Wildman–Crippen MR) is 80.0 cm³/mol. The van der Waals surface area contributed by atoms with Crippen LogP contribution in [0.2, 0.25) is 5.02 Å². The molecule has 0 saturated carbocycles. The van der Waals surface area contributed by atoms with E-state index in [4.69, 9.17) is 22.1 Å². The predicted octanol–water partition coefficient (Wildman–Crippen LogP) is 2.86. The topological polar surface area (TPSA) is 64.3 Å². The molecule has 5 heteroatoms. The van der Waals surface area contributed by atoms with Crippen LogP contribution in [0.4, 0.5) is 5.69 Å². The number of hydrogen-bond acceptors (Lipinski definition) is 3. The molecule has 0 aliphatic rings. The van der Waals surface area contributed by atoms with Gasteiger partial charge < -0.3 is 15.8 Å². The van der Waals surface area contributed by atoms with Crippen molar-refractivity contribution < 1.29 is 9.53 Å². The van der Waals surface area contributed by atoms with Crippen molar-refractivity contribution in [2.45, 2.75) is 6.54 Å². The maximum absolute atomic E-state index is 12.1. The minimum atomic E-state index is -0.257. The molecule has 0 aliphatic carbocycles. The van der Waals surface area contributed by atoms with E-state index in [1.807, 2.05) is 24.3 Å². The second-order valence-corrected chi connectivity index (χ2v) is 4.64. The molecule has 0 atom stereocenters. The van der Waals surface area contributed by atoms with Crippen LogP contribution in [0.25, 0.3) is 0 Å². The number of nitrogens with two attached hydrogens (primary N) is 1. The van der Waals surface area contributed by atoms with E-state index in [-0.39, 0.29) is 11.6 Å². The molecule has 0 fully saturated rings. The molecule has 20 heavy (non-hydrogen) atoms. The lowest BCUT2D eigenvalue weighted by Gasteiger charge is -2.09. The third kappa shape index (κ3) is 3.22. The van der Waals surface area contributed by atoms with Gasteiger partial charge in [-0.2, -0.15) is 0 Å². The molecule has 2 rings (SSSR count). The Hall–Kier alpha value is -2.20. The Morgan fingerprint density at radius 1 is 1.30 bits per heavy atom. The third-order valence-corrected chi connectivity index (χ3v) is 3.21. The van der Waals surface area contributed by atoms with Crippen molar-refractivity contribution in [3.63, 3.8) is 0 Å². The van der Waals surface area contributed by atoms with Crippen molar-refractivity contribution in [2.24, 2.45) is 0 Å². The summed E-state index contributed by atoms with van der Waals surface area (Å²) in [7, 11) is 1.60. The Morgan fingerprint density at radius 3 is 2.80 bits per heavy atom. The first kappa shape index (κ1) is 14.2. The third-order valence-electron chi connectivity index (χ3n) is 2.88. The van der Waals surface area contributed by atoms with E-state index in [9.17, 15) is 4.79 Å². The number of amides is 1. The maximum atomic E-state index is 12.1. The highest BCUT2D eigenvalue weighted by atomic mass is 35.5. The van der Waals surface area contributed by atoms with Gasteiger partial charge in [-0.25, -0.2) is 0 Å². The van der Waals surface area contributed by atoms with Crippen molar-refractivity contribution in [1.82, 2.24) is 5.32 Å². The lowest BCUT2D eigenvalue weighted by atomic mass is 10.1. The molecule has 0 aromatic heterocycles. The van der Waals surface area contributed by atoms with Crippen molar-refractivity contribution >= 4 is 23.2 Å². The number of methoxy groups -OCH3 is 1. The van der Waals surface area contributed by atoms with Gasteiger partial charge in [0.25, 0.3) is 5.91 Å². The normalized spacial score (nSPS) is 10.1. The molecule has 0 heterocycles. The van der Waals surface area contributed by atoms with Gasteiger partial charge in [0.05, 0.1) is 23.4 Å². The zero-order valence-corrected chi connectivity index (χ0v) is 11.8. The minimum Gasteiger partial charge on any atom is -0.497 e. The van der Waals surface area contributed by atoms with E-state index in [2.05, 4.69) is 5.32 Å². The summed E-state index contributed by atoms with van der Waals surface area (Å²) in [6.45, 7) is 0.391. The fourth-order valence-electron chi connectivity index (χ4n) is 1.80. The molecular weight excluding hydrogens is 276 g/mol. The van der Waals surface area contributed by atoms with E-state index in [1.165, 1.54) is 0 Å². The number of para-hydroxylation sites is 1. The van der Waals surface area contributed by atoms with Gasteiger partial charge in [-0.3, -0.25) is 4.79 Å². The number of hydrogen-bond donors (Lipinski definition) is 2. The van der Waals surface area contributed by atoms with Crippen molar-refractivity contribution in [2.75, 3.05) is 12.8 Å². The van der Waals surface area contributed by atoms with Crippen molar-refractivity contribution in [3.05, 3.63) is 58.6 Å². The van der Waals surface area contributed by atoms with Gasteiger partial charge in [-0.1, -0.05) is 29.8 Å². The van der Waals surface area contributed by atoms with Gasteiger partial charge in [0, 0.05) is 6.54 Å². The minimum absolute atomic E-state index is 0.257. The molecule has 4 nitrogen and oxygen atoms in total. The molecule has 3 N–H and O–H groups in total. The summed E-state index contributed by atoms with van der Waals surface area (Å²) in [5.41, 5.74) is 7.39. The average Bonchev–Trinajstić information content (AvgIpc) is 2.48. The first-order valence-corrected chi connectivity index (χ1v) is 6.44. The number of benzene rings is 2. The fourth-order valence-corrected chi connectivity index (χ4v) is 1.97. The quantitative estimate of drug-likeness (QED) is 0.851. The van der Waals surface area contributed by atoms with E-state index in [0.29, 0.717) is 17.1 Å². The van der Waals surface area contributed by atoms with Crippen LogP contribution in [0.5, 0.6) is 5.75 Å². The smallest absolute Gasteiger partial charge is 0.253 e. The number of rotatable bonds is 4. The SMILES string of the molecule is COc1cccc(CNC(=O)c2cccc(Cl)c2N)c1. The van der Waals surface area contributed by atoms with Crippen LogP contribution >= 0.6 is 11.6 Å². The molecule has 0 radical (unpaired) electrons. The number of ether oxygens (including phenoxy) is 1. The fraction of sp³-hybridized carbons (Fsp3) is 0.133. The van der Waals surface area contributed by atoms with Gasteiger partial charge in [0.15, 0.2) is 0 Å². The summed E-state index contributed by atoms with van der Waals surface area (Å²) in [4.78, 5) is 12.1. The molecule has 2 aromatic carbocycles.